The first-order chi connectivity index (χ1) is 14.4. The highest BCUT2D eigenvalue weighted by Gasteiger charge is 2.44. The van der Waals surface area contributed by atoms with Crippen LogP contribution in [0.25, 0.3) is 11.1 Å². The van der Waals surface area contributed by atoms with Crippen molar-refractivity contribution in [2.45, 2.75) is 32.6 Å². The molecular weight excluding hydrogens is 374 g/mol. The molecule has 0 aromatic heterocycles. The third-order valence-electron chi connectivity index (χ3n) is 6.84. The molecule has 0 bridgehead atoms. The number of likely N-dealkylation sites (tertiary alicyclic amines) is 2. The molecule has 0 saturated carbocycles. The van der Waals surface area contributed by atoms with E-state index in [2.05, 4.69) is 19.1 Å². The molecule has 0 spiro atoms. The van der Waals surface area contributed by atoms with Crippen molar-refractivity contribution in [1.29, 1.82) is 5.41 Å². The van der Waals surface area contributed by atoms with Gasteiger partial charge in [-0.15, -0.1) is 0 Å². The van der Waals surface area contributed by atoms with Gasteiger partial charge in [0.05, 0.1) is 0 Å². The molecule has 0 radical (unpaired) electrons. The molecule has 2 amide bonds. The Morgan fingerprint density at radius 2 is 1.70 bits per heavy atom. The average molecular weight is 404 g/mol. The van der Waals surface area contributed by atoms with E-state index in [1.54, 1.807) is 7.05 Å². The van der Waals surface area contributed by atoms with Crippen molar-refractivity contribution in [2.24, 2.45) is 11.3 Å². The number of benzene rings is 2. The van der Waals surface area contributed by atoms with Gasteiger partial charge < -0.3 is 9.80 Å². The minimum Gasteiger partial charge on any atom is -0.338 e. The number of nitrogens with one attached hydrogen (secondary N) is 1. The predicted octanol–water partition coefficient (Wildman–Crippen LogP) is 4.44. The number of hydrogen-bond acceptors (Lipinski definition) is 3. The predicted molar refractivity (Wildman–Crippen MR) is 118 cm³/mol. The quantitative estimate of drug-likeness (QED) is 0.823. The zero-order valence-corrected chi connectivity index (χ0v) is 17.7. The van der Waals surface area contributed by atoms with E-state index in [9.17, 15) is 9.59 Å². The summed E-state index contributed by atoms with van der Waals surface area (Å²) in [6, 6.07) is 18.0. The first-order valence-electron chi connectivity index (χ1n) is 10.7. The SMILES string of the molecule is CN1C(=N)C[C@](C)(C2CCCN(C(=O)c3ccc(-c4ccccc4)cc3)C2)CC1=O. The van der Waals surface area contributed by atoms with Gasteiger partial charge >= 0.3 is 0 Å². The first-order valence-corrected chi connectivity index (χ1v) is 10.7. The monoisotopic (exact) mass is 403 g/mol. The van der Waals surface area contributed by atoms with Crippen LogP contribution in [0.1, 0.15) is 43.0 Å². The van der Waals surface area contributed by atoms with Gasteiger partial charge in [-0.2, -0.15) is 0 Å². The van der Waals surface area contributed by atoms with Crippen LogP contribution in [-0.2, 0) is 4.79 Å². The standard InChI is InChI=1S/C25H29N3O2/c1-25(15-22(26)27(2)23(29)16-25)21-9-6-14-28(17-21)24(30)20-12-10-19(11-13-20)18-7-4-3-5-8-18/h3-5,7-8,10-13,21,26H,6,9,14-17H2,1-2H3/t21?,25-/m0/s1. The normalized spacial score (nSPS) is 24.8. The van der Waals surface area contributed by atoms with E-state index >= 15 is 0 Å². The third-order valence-corrected chi connectivity index (χ3v) is 6.84. The fraction of sp³-hybridized carbons (Fsp3) is 0.400. The molecule has 30 heavy (non-hydrogen) atoms. The molecule has 1 unspecified atom stereocenters. The van der Waals surface area contributed by atoms with Gasteiger partial charge in [0.2, 0.25) is 5.91 Å². The minimum absolute atomic E-state index is 0.00806. The smallest absolute Gasteiger partial charge is 0.253 e. The molecule has 0 aliphatic carbocycles. The van der Waals surface area contributed by atoms with Crippen LogP contribution in [0.4, 0.5) is 0 Å². The summed E-state index contributed by atoms with van der Waals surface area (Å²) in [5.41, 5.74) is 2.68. The second-order valence-electron chi connectivity index (χ2n) is 8.94. The van der Waals surface area contributed by atoms with Gasteiger partial charge in [0.1, 0.15) is 5.84 Å². The minimum atomic E-state index is -0.253. The van der Waals surface area contributed by atoms with Crippen molar-refractivity contribution >= 4 is 17.6 Å². The number of hydrogen-bond donors (Lipinski definition) is 1. The second kappa shape index (κ2) is 8.05. The molecule has 2 aromatic rings. The van der Waals surface area contributed by atoms with Crippen LogP contribution in [0.2, 0.25) is 0 Å². The van der Waals surface area contributed by atoms with Gasteiger partial charge in [0.15, 0.2) is 0 Å². The van der Waals surface area contributed by atoms with Crippen molar-refractivity contribution in [3.8, 4) is 11.1 Å². The van der Waals surface area contributed by atoms with Crippen molar-refractivity contribution in [3.05, 3.63) is 60.2 Å². The van der Waals surface area contributed by atoms with Crippen molar-refractivity contribution in [2.75, 3.05) is 20.1 Å². The van der Waals surface area contributed by atoms with Crippen LogP contribution in [0.5, 0.6) is 0 Å². The lowest BCUT2D eigenvalue weighted by atomic mass is 9.67. The van der Waals surface area contributed by atoms with Gasteiger partial charge in [-0.25, -0.2) is 0 Å². The zero-order valence-electron chi connectivity index (χ0n) is 17.7. The van der Waals surface area contributed by atoms with Crippen LogP contribution in [-0.4, -0.2) is 47.6 Å². The van der Waals surface area contributed by atoms with E-state index in [1.165, 1.54) is 4.90 Å². The highest BCUT2D eigenvalue weighted by molar-refractivity contribution is 5.99. The van der Waals surface area contributed by atoms with Crippen molar-refractivity contribution in [1.82, 2.24) is 9.80 Å². The molecule has 2 fully saturated rings. The Morgan fingerprint density at radius 3 is 2.37 bits per heavy atom. The Balaban J connectivity index is 1.47. The van der Waals surface area contributed by atoms with Crippen LogP contribution < -0.4 is 0 Å². The fourth-order valence-corrected chi connectivity index (χ4v) is 4.82. The van der Waals surface area contributed by atoms with Gasteiger partial charge in [-0.1, -0.05) is 49.4 Å². The zero-order chi connectivity index (χ0) is 21.3. The maximum absolute atomic E-state index is 13.2. The number of carbonyl (C=O) groups is 2. The Morgan fingerprint density at radius 1 is 1.03 bits per heavy atom. The first kappa shape index (κ1) is 20.3. The topological polar surface area (TPSA) is 64.5 Å². The number of amidine groups is 1. The second-order valence-corrected chi connectivity index (χ2v) is 8.94. The third kappa shape index (κ3) is 3.89. The van der Waals surface area contributed by atoms with Crippen LogP contribution in [0, 0.1) is 16.7 Å². The van der Waals surface area contributed by atoms with E-state index in [4.69, 9.17) is 5.41 Å². The molecule has 5 heteroatoms. The lowest BCUT2D eigenvalue weighted by Crippen LogP contribution is -2.51. The Hall–Kier alpha value is -2.95. The molecule has 2 aliphatic rings. The number of piperidine rings is 2. The molecular formula is C25H29N3O2. The molecule has 2 atom stereocenters. The lowest BCUT2D eigenvalue weighted by Gasteiger charge is -2.46. The summed E-state index contributed by atoms with van der Waals surface area (Å²) in [7, 11) is 1.68. The Labute approximate surface area is 178 Å². The van der Waals surface area contributed by atoms with Gasteiger partial charge in [0, 0.05) is 38.5 Å². The van der Waals surface area contributed by atoms with Crippen LogP contribution in [0.15, 0.2) is 54.6 Å². The summed E-state index contributed by atoms with van der Waals surface area (Å²) in [6.07, 6.45) is 2.97. The number of nitrogens with zero attached hydrogens (tertiary/aromatic N) is 2. The van der Waals surface area contributed by atoms with E-state index < -0.39 is 0 Å². The summed E-state index contributed by atoms with van der Waals surface area (Å²) in [5, 5.41) is 8.18. The van der Waals surface area contributed by atoms with Crippen LogP contribution in [0.3, 0.4) is 0 Å². The Kier molecular flexibility index (Phi) is 5.46. The van der Waals surface area contributed by atoms with Crippen molar-refractivity contribution in [3.63, 3.8) is 0 Å². The largest absolute Gasteiger partial charge is 0.338 e. The van der Waals surface area contributed by atoms with E-state index in [1.807, 2.05) is 47.4 Å². The van der Waals surface area contributed by atoms with E-state index in [0.717, 1.165) is 30.5 Å². The van der Waals surface area contributed by atoms with E-state index in [-0.39, 0.29) is 23.1 Å². The summed E-state index contributed by atoms with van der Waals surface area (Å²) in [5.74, 6) is 0.677. The molecule has 2 aliphatic heterocycles. The molecule has 1 N–H and O–H groups in total. The molecule has 4 rings (SSSR count). The summed E-state index contributed by atoms with van der Waals surface area (Å²) in [4.78, 5) is 28.9. The fourth-order valence-electron chi connectivity index (χ4n) is 4.82. The maximum atomic E-state index is 13.2. The Bertz CT molecular complexity index is 934. The van der Waals surface area contributed by atoms with E-state index in [0.29, 0.717) is 30.8 Å². The summed E-state index contributed by atoms with van der Waals surface area (Å²) in [6.45, 7) is 3.51. The molecule has 2 aromatic carbocycles. The van der Waals surface area contributed by atoms with Crippen LogP contribution >= 0.6 is 0 Å². The highest BCUT2D eigenvalue weighted by Crippen LogP contribution is 2.43. The van der Waals surface area contributed by atoms with Gasteiger partial charge in [-0.05, 0) is 47.4 Å². The molecule has 5 nitrogen and oxygen atoms in total. The molecule has 156 valence electrons. The summed E-state index contributed by atoms with van der Waals surface area (Å²) >= 11 is 0. The van der Waals surface area contributed by atoms with Gasteiger partial charge in [-0.3, -0.25) is 15.0 Å². The maximum Gasteiger partial charge on any atom is 0.253 e. The average Bonchev–Trinajstić information content (AvgIpc) is 2.78. The van der Waals surface area contributed by atoms with Crippen molar-refractivity contribution < 1.29 is 9.59 Å². The highest BCUT2D eigenvalue weighted by atomic mass is 16.2. The summed E-state index contributed by atoms with van der Waals surface area (Å²) < 4.78 is 0. The number of amides is 2. The van der Waals surface area contributed by atoms with Gasteiger partial charge in [0.25, 0.3) is 5.91 Å². The number of carbonyl (C=O) groups excluding carboxylic acids is 2. The number of rotatable bonds is 3. The molecule has 2 saturated heterocycles. The molecule has 2 heterocycles. The lowest BCUT2D eigenvalue weighted by molar-refractivity contribution is -0.131.